The fourth-order valence-corrected chi connectivity index (χ4v) is 2.47. The molecule has 0 saturated heterocycles. The first kappa shape index (κ1) is 16.9. The van der Waals surface area contributed by atoms with E-state index in [1.54, 1.807) is 13.2 Å². The maximum Gasteiger partial charge on any atom is 0.123 e. The van der Waals surface area contributed by atoms with Crippen LogP contribution in [0.3, 0.4) is 0 Å². The lowest BCUT2D eigenvalue weighted by molar-refractivity contribution is 0.199. The minimum Gasteiger partial charge on any atom is -0.383 e. The van der Waals surface area contributed by atoms with E-state index >= 15 is 0 Å². The molecule has 0 amide bonds. The van der Waals surface area contributed by atoms with Gasteiger partial charge in [0.05, 0.1) is 6.61 Å². The van der Waals surface area contributed by atoms with Crippen LogP contribution in [-0.2, 0) is 11.3 Å². The number of benzene rings is 1. The van der Waals surface area contributed by atoms with Crippen molar-refractivity contribution >= 4 is 5.69 Å². The first-order chi connectivity index (χ1) is 9.63. The van der Waals surface area contributed by atoms with Gasteiger partial charge in [-0.05, 0) is 36.6 Å². The van der Waals surface area contributed by atoms with Crippen molar-refractivity contribution in [1.29, 1.82) is 0 Å². The average molecular weight is 282 g/mol. The molecule has 0 aliphatic carbocycles. The van der Waals surface area contributed by atoms with Crippen LogP contribution in [0.15, 0.2) is 18.2 Å². The van der Waals surface area contributed by atoms with Gasteiger partial charge in [-0.1, -0.05) is 13.8 Å². The Balaban J connectivity index is 2.83. The maximum absolute atomic E-state index is 13.5. The number of hydrogen-bond acceptors (Lipinski definition) is 3. The Hall–Kier alpha value is -1.13. The van der Waals surface area contributed by atoms with Crippen molar-refractivity contribution in [2.75, 3.05) is 32.2 Å². The zero-order chi connectivity index (χ0) is 15.0. The summed E-state index contributed by atoms with van der Waals surface area (Å²) in [5, 5.41) is 3.28. The number of nitrogens with zero attached hydrogens (tertiary/aromatic N) is 1. The molecule has 1 aromatic rings. The molecule has 0 bridgehead atoms. The van der Waals surface area contributed by atoms with E-state index in [9.17, 15) is 4.39 Å². The minimum atomic E-state index is -0.185. The molecule has 0 unspecified atom stereocenters. The third-order valence-corrected chi connectivity index (χ3v) is 3.71. The number of hydrogen-bond donors (Lipinski definition) is 1. The van der Waals surface area contributed by atoms with Gasteiger partial charge in [0.1, 0.15) is 5.82 Å². The lowest BCUT2D eigenvalue weighted by Gasteiger charge is -2.30. The number of methoxy groups -OCH3 is 1. The Morgan fingerprint density at radius 2 is 2.00 bits per heavy atom. The van der Waals surface area contributed by atoms with Crippen LogP contribution >= 0.6 is 0 Å². The summed E-state index contributed by atoms with van der Waals surface area (Å²) >= 11 is 0. The molecule has 3 nitrogen and oxygen atoms in total. The van der Waals surface area contributed by atoms with E-state index in [2.05, 4.69) is 31.1 Å². The van der Waals surface area contributed by atoms with Crippen LogP contribution in [0.25, 0.3) is 0 Å². The average Bonchev–Trinajstić information content (AvgIpc) is 2.45. The van der Waals surface area contributed by atoms with Gasteiger partial charge in [-0.15, -0.1) is 0 Å². The predicted octanol–water partition coefficient (Wildman–Crippen LogP) is 3.19. The Morgan fingerprint density at radius 1 is 1.30 bits per heavy atom. The van der Waals surface area contributed by atoms with Gasteiger partial charge < -0.3 is 15.0 Å². The Kier molecular flexibility index (Phi) is 7.55. The molecule has 0 aromatic heterocycles. The monoisotopic (exact) mass is 282 g/mol. The molecule has 1 rings (SSSR count). The fourth-order valence-electron chi connectivity index (χ4n) is 2.47. The number of anilines is 1. The smallest absolute Gasteiger partial charge is 0.123 e. The van der Waals surface area contributed by atoms with E-state index in [4.69, 9.17) is 4.74 Å². The molecule has 1 N–H and O–H groups in total. The van der Waals surface area contributed by atoms with Gasteiger partial charge in [-0.3, -0.25) is 0 Å². The van der Waals surface area contributed by atoms with Crippen molar-refractivity contribution in [2.24, 2.45) is 0 Å². The number of ether oxygens (including phenoxy) is 1. The molecule has 0 atom stereocenters. The largest absolute Gasteiger partial charge is 0.383 e. The van der Waals surface area contributed by atoms with E-state index < -0.39 is 0 Å². The molecule has 4 heteroatoms. The first-order valence-electron chi connectivity index (χ1n) is 7.34. The van der Waals surface area contributed by atoms with Gasteiger partial charge >= 0.3 is 0 Å². The lowest BCUT2D eigenvalue weighted by Crippen LogP contribution is -2.32. The summed E-state index contributed by atoms with van der Waals surface area (Å²) in [5.41, 5.74) is 2.10. The minimum absolute atomic E-state index is 0.185. The molecule has 0 aliphatic rings. The standard InChI is InChI=1S/C16H27FN2O/c1-5-15(6-2)19(3)16-8-7-14(17)11-13(16)12-18-9-10-20-4/h7-8,11,15,18H,5-6,9-10,12H2,1-4H3. The van der Waals surface area contributed by atoms with Gasteiger partial charge in [-0.2, -0.15) is 0 Å². The van der Waals surface area contributed by atoms with E-state index in [-0.39, 0.29) is 5.82 Å². The van der Waals surface area contributed by atoms with Gasteiger partial charge in [-0.25, -0.2) is 4.39 Å². The Labute approximate surface area is 122 Å². The van der Waals surface area contributed by atoms with E-state index in [1.165, 1.54) is 6.07 Å². The van der Waals surface area contributed by atoms with Crippen molar-refractivity contribution in [3.63, 3.8) is 0 Å². The molecule has 1 aromatic carbocycles. The normalized spacial score (nSPS) is 11.1. The predicted molar refractivity (Wildman–Crippen MR) is 82.8 cm³/mol. The highest BCUT2D eigenvalue weighted by molar-refractivity contribution is 5.54. The van der Waals surface area contributed by atoms with Gasteiger partial charge in [0.25, 0.3) is 0 Å². The van der Waals surface area contributed by atoms with Crippen LogP contribution < -0.4 is 10.2 Å². The molecule has 0 spiro atoms. The molecule has 0 aliphatic heterocycles. The summed E-state index contributed by atoms with van der Waals surface area (Å²) in [7, 11) is 3.76. The number of rotatable bonds is 9. The topological polar surface area (TPSA) is 24.5 Å². The molecule has 0 radical (unpaired) electrons. The quantitative estimate of drug-likeness (QED) is 0.704. The second kappa shape index (κ2) is 8.93. The summed E-state index contributed by atoms with van der Waals surface area (Å²) < 4.78 is 18.5. The Morgan fingerprint density at radius 3 is 2.60 bits per heavy atom. The maximum atomic E-state index is 13.5. The second-order valence-electron chi connectivity index (χ2n) is 5.02. The summed E-state index contributed by atoms with van der Waals surface area (Å²) in [5.74, 6) is -0.185. The van der Waals surface area contributed by atoms with Crippen molar-refractivity contribution in [3.05, 3.63) is 29.6 Å². The fraction of sp³-hybridized carbons (Fsp3) is 0.625. The zero-order valence-electron chi connectivity index (χ0n) is 13.1. The summed E-state index contributed by atoms with van der Waals surface area (Å²) in [6, 6.07) is 5.51. The molecule has 0 fully saturated rings. The summed E-state index contributed by atoms with van der Waals surface area (Å²) in [6.07, 6.45) is 2.17. The van der Waals surface area contributed by atoms with Crippen molar-refractivity contribution < 1.29 is 9.13 Å². The van der Waals surface area contributed by atoms with Crippen LogP contribution in [0, 0.1) is 5.82 Å². The summed E-state index contributed by atoms with van der Waals surface area (Å²) in [6.45, 7) is 6.45. The van der Waals surface area contributed by atoms with Gasteiger partial charge in [0, 0.05) is 39.0 Å². The second-order valence-corrected chi connectivity index (χ2v) is 5.02. The highest BCUT2D eigenvalue weighted by Gasteiger charge is 2.15. The molecular weight excluding hydrogens is 255 g/mol. The summed E-state index contributed by atoms with van der Waals surface area (Å²) in [4.78, 5) is 2.26. The Bertz CT molecular complexity index is 394. The SMILES string of the molecule is CCC(CC)N(C)c1ccc(F)cc1CNCCOC. The number of nitrogens with one attached hydrogen (secondary N) is 1. The van der Waals surface area contributed by atoms with Crippen LogP contribution in [0.4, 0.5) is 10.1 Å². The molecule has 114 valence electrons. The molecule has 0 saturated carbocycles. The zero-order valence-corrected chi connectivity index (χ0v) is 13.1. The molecule has 20 heavy (non-hydrogen) atoms. The third kappa shape index (κ3) is 4.76. The molecule has 0 heterocycles. The molecular formula is C16H27FN2O. The van der Waals surface area contributed by atoms with Crippen molar-refractivity contribution in [1.82, 2.24) is 5.32 Å². The van der Waals surface area contributed by atoms with Crippen molar-refractivity contribution in [3.8, 4) is 0 Å². The number of halogens is 1. The highest BCUT2D eigenvalue weighted by atomic mass is 19.1. The van der Waals surface area contributed by atoms with Gasteiger partial charge in [0.15, 0.2) is 0 Å². The van der Waals surface area contributed by atoms with E-state index in [1.807, 2.05) is 6.07 Å². The first-order valence-corrected chi connectivity index (χ1v) is 7.34. The van der Waals surface area contributed by atoms with E-state index in [0.717, 1.165) is 30.6 Å². The van der Waals surface area contributed by atoms with Crippen LogP contribution in [0.1, 0.15) is 32.3 Å². The highest BCUT2D eigenvalue weighted by Crippen LogP contribution is 2.24. The van der Waals surface area contributed by atoms with Crippen LogP contribution in [0.5, 0.6) is 0 Å². The van der Waals surface area contributed by atoms with Gasteiger partial charge in [0.2, 0.25) is 0 Å². The van der Waals surface area contributed by atoms with Crippen molar-refractivity contribution in [2.45, 2.75) is 39.3 Å². The van der Waals surface area contributed by atoms with E-state index in [0.29, 0.717) is 19.2 Å². The van der Waals surface area contributed by atoms with Crippen LogP contribution in [-0.4, -0.2) is 33.4 Å². The lowest BCUT2D eigenvalue weighted by atomic mass is 10.1. The van der Waals surface area contributed by atoms with Crippen LogP contribution in [0.2, 0.25) is 0 Å². The third-order valence-electron chi connectivity index (χ3n) is 3.71.